The summed E-state index contributed by atoms with van der Waals surface area (Å²) in [7, 11) is 0. The maximum absolute atomic E-state index is 10.5. The summed E-state index contributed by atoms with van der Waals surface area (Å²) in [6, 6.07) is 7.95. The lowest BCUT2D eigenvalue weighted by atomic mass is 9.64. The maximum atomic E-state index is 10.5. The Morgan fingerprint density at radius 3 is 2.62 bits per heavy atom. The van der Waals surface area contributed by atoms with Gasteiger partial charge in [0.2, 0.25) is 0 Å². The average molecular weight is 356 g/mol. The summed E-state index contributed by atoms with van der Waals surface area (Å²) in [6.07, 6.45) is 17.2. The smallest absolute Gasteiger partial charge is 0.328 e. The number of anilines is 1. The van der Waals surface area contributed by atoms with Gasteiger partial charge in [-0.05, 0) is 54.4 Å². The highest BCUT2D eigenvalue weighted by Gasteiger charge is 2.34. The van der Waals surface area contributed by atoms with Crippen LogP contribution in [0.5, 0.6) is 0 Å². The molecule has 26 heavy (non-hydrogen) atoms. The number of hydrogen-bond acceptors (Lipinski definition) is 2. The van der Waals surface area contributed by atoms with Crippen molar-refractivity contribution in [3.05, 3.63) is 35.9 Å². The number of rotatable bonds is 8. The molecule has 0 aliphatic heterocycles. The zero-order valence-corrected chi connectivity index (χ0v) is 15.8. The second-order valence-electron chi connectivity index (χ2n) is 8.12. The van der Waals surface area contributed by atoms with Gasteiger partial charge in [-0.3, -0.25) is 0 Å². The number of hydrogen-bond donors (Lipinski definition) is 2. The van der Waals surface area contributed by atoms with Gasteiger partial charge < -0.3 is 10.4 Å². The van der Waals surface area contributed by atoms with Crippen molar-refractivity contribution in [3.8, 4) is 0 Å². The first-order valence-electron chi connectivity index (χ1n) is 10.5. The van der Waals surface area contributed by atoms with E-state index in [9.17, 15) is 4.79 Å². The van der Waals surface area contributed by atoms with Crippen molar-refractivity contribution in [2.24, 2.45) is 17.8 Å². The topological polar surface area (TPSA) is 49.3 Å². The third-order valence-corrected chi connectivity index (χ3v) is 6.38. The van der Waals surface area contributed by atoms with E-state index in [0.29, 0.717) is 0 Å². The number of carboxylic acid groups (broad SMARTS) is 1. The molecule has 1 aromatic carbocycles. The predicted octanol–water partition coefficient (Wildman–Crippen LogP) is 5.97. The first kappa shape index (κ1) is 19.0. The highest BCUT2D eigenvalue weighted by atomic mass is 16.4. The average Bonchev–Trinajstić information content (AvgIpc) is 2.67. The molecule has 3 unspecified atom stereocenters. The zero-order valence-electron chi connectivity index (χ0n) is 15.8. The second-order valence-corrected chi connectivity index (χ2v) is 8.12. The van der Waals surface area contributed by atoms with Gasteiger partial charge in [-0.2, -0.15) is 0 Å². The molecule has 0 amide bonds. The summed E-state index contributed by atoms with van der Waals surface area (Å²) >= 11 is 0. The Morgan fingerprint density at radius 2 is 1.81 bits per heavy atom. The quantitative estimate of drug-likeness (QED) is 0.446. The fourth-order valence-corrected chi connectivity index (χ4v) is 5.07. The molecule has 0 spiro atoms. The molecule has 2 N–H and O–H groups in total. The van der Waals surface area contributed by atoms with E-state index in [-0.39, 0.29) is 0 Å². The molecule has 2 saturated carbocycles. The Kier molecular flexibility index (Phi) is 7.16. The Hall–Kier alpha value is -1.77. The molecule has 0 bridgehead atoms. The molecule has 0 aromatic heterocycles. The van der Waals surface area contributed by atoms with E-state index in [1.807, 2.05) is 24.3 Å². The summed E-state index contributed by atoms with van der Waals surface area (Å²) < 4.78 is 0. The third-order valence-electron chi connectivity index (χ3n) is 6.38. The molecule has 0 heterocycles. The van der Waals surface area contributed by atoms with Gasteiger partial charge in [0.1, 0.15) is 0 Å². The standard InChI is InChI=1S/C23H33NO2/c25-23(26)16-13-18-11-14-21(15-12-18)24-17-4-3-7-20-9-5-8-19-6-1-2-10-22(19)20/h11-16,19-20,22,24H,1-10,17H2,(H,25,26). The van der Waals surface area contributed by atoms with Crippen molar-refractivity contribution >= 4 is 17.7 Å². The van der Waals surface area contributed by atoms with Gasteiger partial charge in [0.15, 0.2) is 0 Å². The number of fused-ring (bicyclic) bond motifs is 1. The van der Waals surface area contributed by atoms with Gasteiger partial charge >= 0.3 is 5.97 Å². The fraction of sp³-hybridized carbons (Fsp3) is 0.609. The highest BCUT2D eigenvalue weighted by molar-refractivity contribution is 5.85. The number of nitrogens with one attached hydrogen (secondary N) is 1. The van der Waals surface area contributed by atoms with Gasteiger partial charge in [-0.25, -0.2) is 4.79 Å². The number of unbranched alkanes of at least 4 members (excludes halogenated alkanes) is 1. The fourth-order valence-electron chi connectivity index (χ4n) is 5.07. The number of benzene rings is 1. The van der Waals surface area contributed by atoms with E-state index in [4.69, 9.17) is 5.11 Å². The van der Waals surface area contributed by atoms with Gasteiger partial charge in [0.25, 0.3) is 0 Å². The predicted molar refractivity (Wildman–Crippen MR) is 108 cm³/mol. The van der Waals surface area contributed by atoms with Crippen molar-refractivity contribution < 1.29 is 9.90 Å². The van der Waals surface area contributed by atoms with Crippen LogP contribution in [0.25, 0.3) is 6.08 Å². The third kappa shape index (κ3) is 5.62. The molecule has 3 heteroatoms. The molecule has 0 radical (unpaired) electrons. The van der Waals surface area contributed by atoms with Crippen LogP contribution in [0.1, 0.15) is 69.8 Å². The molecule has 3 atom stereocenters. The molecular weight excluding hydrogens is 322 g/mol. The summed E-state index contributed by atoms with van der Waals surface area (Å²) in [5.74, 6) is 2.17. The summed E-state index contributed by atoms with van der Waals surface area (Å²) in [4.78, 5) is 10.5. The molecule has 0 saturated heterocycles. The van der Waals surface area contributed by atoms with Gasteiger partial charge in [-0.1, -0.05) is 63.5 Å². The van der Waals surface area contributed by atoms with Crippen LogP contribution in [0.2, 0.25) is 0 Å². The van der Waals surface area contributed by atoms with Crippen LogP contribution in [0.4, 0.5) is 5.69 Å². The lowest BCUT2D eigenvalue weighted by molar-refractivity contribution is -0.131. The minimum atomic E-state index is -0.912. The van der Waals surface area contributed by atoms with E-state index in [0.717, 1.165) is 35.5 Å². The lowest BCUT2D eigenvalue weighted by Gasteiger charge is -2.41. The Balaban J connectivity index is 1.34. The van der Waals surface area contributed by atoms with Crippen LogP contribution in [-0.2, 0) is 4.79 Å². The van der Waals surface area contributed by atoms with E-state index < -0.39 is 5.97 Å². The van der Waals surface area contributed by atoms with E-state index in [1.54, 1.807) is 6.08 Å². The first-order chi connectivity index (χ1) is 12.7. The van der Waals surface area contributed by atoms with E-state index >= 15 is 0 Å². The number of carbonyl (C=O) groups is 1. The van der Waals surface area contributed by atoms with Gasteiger partial charge in [0, 0.05) is 18.3 Å². The van der Waals surface area contributed by atoms with Crippen LogP contribution >= 0.6 is 0 Å². The molecule has 3 rings (SSSR count). The van der Waals surface area contributed by atoms with E-state index in [2.05, 4.69) is 5.32 Å². The molecular formula is C23H33NO2. The molecule has 2 aliphatic rings. The normalized spacial score (nSPS) is 25.8. The van der Waals surface area contributed by atoms with Crippen LogP contribution in [0.3, 0.4) is 0 Å². The minimum absolute atomic E-state index is 0.912. The van der Waals surface area contributed by atoms with Crippen LogP contribution in [0, 0.1) is 17.8 Å². The number of aliphatic carboxylic acids is 1. The van der Waals surface area contributed by atoms with Crippen molar-refractivity contribution in [2.45, 2.75) is 64.2 Å². The number of carboxylic acids is 1. The largest absolute Gasteiger partial charge is 0.478 e. The van der Waals surface area contributed by atoms with Gasteiger partial charge in [-0.15, -0.1) is 0 Å². The second kappa shape index (κ2) is 9.80. The summed E-state index contributed by atoms with van der Waals surface area (Å²) in [5.41, 5.74) is 2.03. The molecule has 3 nitrogen and oxygen atoms in total. The van der Waals surface area contributed by atoms with Crippen molar-refractivity contribution in [2.75, 3.05) is 11.9 Å². The van der Waals surface area contributed by atoms with Crippen molar-refractivity contribution in [1.82, 2.24) is 0 Å². The first-order valence-corrected chi connectivity index (χ1v) is 10.5. The Labute approximate surface area is 157 Å². The van der Waals surface area contributed by atoms with Crippen molar-refractivity contribution in [3.63, 3.8) is 0 Å². The monoisotopic (exact) mass is 355 g/mol. The summed E-state index contributed by atoms with van der Waals surface area (Å²) in [6.45, 7) is 1.02. The van der Waals surface area contributed by atoms with Crippen LogP contribution in [0.15, 0.2) is 30.3 Å². The Morgan fingerprint density at radius 1 is 1.04 bits per heavy atom. The molecule has 142 valence electrons. The highest BCUT2D eigenvalue weighted by Crippen LogP contribution is 2.45. The Bertz CT molecular complexity index is 591. The maximum Gasteiger partial charge on any atom is 0.328 e. The minimum Gasteiger partial charge on any atom is -0.478 e. The van der Waals surface area contributed by atoms with Crippen LogP contribution in [-0.4, -0.2) is 17.6 Å². The van der Waals surface area contributed by atoms with Crippen LogP contribution < -0.4 is 5.32 Å². The summed E-state index contributed by atoms with van der Waals surface area (Å²) in [5, 5.41) is 12.1. The molecule has 2 fully saturated rings. The molecule has 2 aliphatic carbocycles. The van der Waals surface area contributed by atoms with E-state index in [1.165, 1.54) is 70.3 Å². The zero-order chi connectivity index (χ0) is 18.2. The van der Waals surface area contributed by atoms with Gasteiger partial charge in [0.05, 0.1) is 0 Å². The van der Waals surface area contributed by atoms with Crippen molar-refractivity contribution in [1.29, 1.82) is 0 Å². The molecule has 1 aromatic rings. The SMILES string of the molecule is O=C(O)C=Cc1ccc(NCCCCC2CCCC3CCCCC23)cc1. The lowest BCUT2D eigenvalue weighted by Crippen LogP contribution is -2.31.